The summed E-state index contributed by atoms with van der Waals surface area (Å²) >= 11 is 0. The Kier molecular flexibility index (Phi) is 10.6. The van der Waals surface area contributed by atoms with Crippen molar-refractivity contribution in [1.29, 1.82) is 0 Å². The van der Waals surface area contributed by atoms with Crippen LogP contribution >= 0.6 is 0 Å². The van der Waals surface area contributed by atoms with Gasteiger partial charge in [-0.2, -0.15) is 0 Å². The van der Waals surface area contributed by atoms with Crippen molar-refractivity contribution in [3.63, 3.8) is 0 Å². The van der Waals surface area contributed by atoms with Crippen LogP contribution in [0.3, 0.4) is 0 Å². The van der Waals surface area contributed by atoms with Gasteiger partial charge in [-0.3, -0.25) is 14.3 Å². The molecule has 10 nitrogen and oxygen atoms in total. The zero-order valence-corrected chi connectivity index (χ0v) is 17.7. The van der Waals surface area contributed by atoms with Gasteiger partial charge in [-0.1, -0.05) is 57.0 Å². The Hall–Kier alpha value is -2.13. The van der Waals surface area contributed by atoms with E-state index in [1.807, 2.05) is 0 Å². The Balaban J connectivity index is 1.83. The number of hydrogen-bond donors (Lipinski definition) is 2. The van der Waals surface area contributed by atoms with Gasteiger partial charge in [0, 0.05) is 24.1 Å². The van der Waals surface area contributed by atoms with Crippen LogP contribution in [0.4, 0.5) is 0 Å². The van der Waals surface area contributed by atoms with E-state index in [-0.39, 0.29) is 19.6 Å². The van der Waals surface area contributed by atoms with Crippen LogP contribution in [0.2, 0.25) is 0 Å². The fraction of sp³-hybridized carbons (Fsp3) is 0.800. The van der Waals surface area contributed by atoms with Crippen molar-refractivity contribution < 1.29 is 14.6 Å². The summed E-state index contributed by atoms with van der Waals surface area (Å²) < 4.78 is 12.5. The van der Waals surface area contributed by atoms with Crippen LogP contribution in [-0.4, -0.2) is 40.0 Å². The van der Waals surface area contributed by atoms with E-state index in [0.29, 0.717) is 12.2 Å². The van der Waals surface area contributed by atoms with E-state index < -0.39 is 29.6 Å². The number of aromatic nitrogens is 2. The lowest BCUT2D eigenvalue weighted by atomic mass is 10.1. The third-order valence-corrected chi connectivity index (χ3v) is 5.34. The van der Waals surface area contributed by atoms with Crippen molar-refractivity contribution in [1.82, 2.24) is 9.55 Å². The van der Waals surface area contributed by atoms with Crippen molar-refractivity contribution in [3.05, 3.63) is 43.0 Å². The summed E-state index contributed by atoms with van der Waals surface area (Å²) in [6.45, 7) is 2.54. The molecule has 0 aliphatic carbocycles. The van der Waals surface area contributed by atoms with Gasteiger partial charge in [0.25, 0.3) is 5.56 Å². The van der Waals surface area contributed by atoms with Gasteiger partial charge in [0.1, 0.15) is 6.23 Å². The van der Waals surface area contributed by atoms with Gasteiger partial charge in [0.2, 0.25) is 0 Å². The van der Waals surface area contributed by atoms with E-state index in [1.165, 1.54) is 49.3 Å². The van der Waals surface area contributed by atoms with E-state index >= 15 is 0 Å². The highest BCUT2D eigenvalue weighted by Gasteiger charge is 2.35. The Morgan fingerprint density at radius 3 is 2.63 bits per heavy atom. The molecule has 0 bridgehead atoms. The second kappa shape index (κ2) is 13.2. The van der Waals surface area contributed by atoms with Crippen molar-refractivity contribution in [2.45, 2.75) is 89.7 Å². The number of H-pyrrole nitrogens is 1. The number of nitrogens with zero attached hydrogens (tertiary/aromatic N) is 4. The molecule has 0 radical (unpaired) electrons. The molecule has 1 aliphatic rings. The van der Waals surface area contributed by atoms with E-state index in [1.54, 1.807) is 0 Å². The summed E-state index contributed by atoms with van der Waals surface area (Å²) in [6.07, 6.45) is 9.86. The largest absolute Gasteiger partial charge is 0.394 e. The van der Waals surface area contributed by atoms with Crippen molar-refractivity contribution in [2.24, 2.45) is 5.11 Å². The zero-order valence-electron chi connectivity index (χ0n) is 17.7. The summed E-state index contributed by atoms with van der Waals surface area (Å²) in [5, 5.41) is 13.0. The number of hydrogen-bond acceptors (Lipinski definition) is 6. The minimum Gasteiger partial charge on any atom is -0.394 e. The van der Waals surface area contributed by atoms with Crippen molar-refractivity contribution in [3.8, 4) is 0 Å². The molecule has 168 valence electrons. The van der Waals surface area contributed by atoms with Crippen molar-refractivity contribution in [2.75, 3.05) is 13.2 Å². The van der Waals surface area contributed by atoms with Crippen LogP contribution in [0.25, 0.3) is 10.4 Å². The SMILES string of the molecule is CCCCCCCCCCOCc1cn([C@@H]2C[C@H](N=[N+]=[N-])[C@@H](CO)O2)c(=O)[nH]c1=O. The lowest BCUT2D eigenvalue weighted by Gasteiger charge is -2.15. The Morgan fingerprint density at radius 2 is 1.97 bits per heavy atom. The minimum absolute atomic E-state index is 0.0992. The van der Waals surface area contributed by atoms with Crippen LogP contribution in [0.15, 0.2) is 20.9 Å². The molecule has 0 aromatic carbocycles. The normalized spacial score (nSPS) is 20.9. The van der Waals surface area contributed by atoms with Gasteiger partial charge in [-0.25, -0.2) is 4.79 Å². The van der Waals surface area contributed by atoms with Crippen LogP contribution in [0, 0.1) is 0 Å². The molecule has 1 saturated heterocycles. The molecule has 3 atom stereocenters. The Bertz CT molecular complexity index is 802. The molecule has 10 heteroatoms. The highest BCUT2D eigenvalue weighted by atomic mass is 16.5. The van der Waals surface area contributed by atoms with Gasteiger partial charge in [0.05, 0.1) is 30.9 Å². The third kappa shape index (κ3) is 7.28. The van der Waals surface area contributed by atoms with E-state index in [9.17, 15) is 14.7 Å². The van der Waals surface area contributed by atoms with E-state index in [4.69, 9.17) is 15.0 Å². The number of rotatable bonds is 14. The van der Waals surface area contributed by atoms with Crippen LogP contribution < -0.4 is 11.2 Å². The third-order valence-electron chi connectivity index (χ3n) is 5.34. The molecule has 30 heavy (non-hydrogen) atoms. The molecular weight excluding hydrogens is 390 g/mol. The number of aliphatic hydroxyl groups excluding tert-OH is 1. The van der Waals surface area contributed by atoms with Gasteiger partial charge < -0.3 is 14.6 Å². The average Bonchev–Trinajstić information content (AvgIpc) is 3.13. The minimum atomic E-state index is -0.728. The summed E-state index contributed by atoms with van der Waals surface area (Å²) in [5.41, 5.74) is 7.86. The quantitative estimate of drug-likeness (QED) is 0.204. The smallest absolute Gasteiger partial charge is 0.330 e. The average molecular weight is 424 g/mol. The summed E-state index contributed by atoms with van der Waals surface area (Å²) in [4.78, 5) is 29.3. The van der Waals surface area contributed by atoms with Gasteiger partial charge in [-0.15, -0.1) is 0 Å². The second-order valence-corrected chi connectivity index (χ2v) is 7.67. The second-order valence-electron chi connectivity index (χ2n) is 7.67. The Labute approximate surface area is 175 Å². The zero-order chi connectivity index (χ0) is 21.8. The van der Waals surface area contributed by atoms with Crippen LogP contribution in [0.5, 0.6) is 0 Å². The molecule has 0 spiro atoms. The molecule has 0 unspecified atom stereocenters. The number of aliphatic hydroxyl groups is 1. The maximum Gasteiger partial charge on any atom is 0.330 e. The topological polar surface area (TPSA) is 142 Å². The fourth-order valence-corrected chi connectivity index (χ4v) is 3.60. The number of nitrogens with one attached hydrogen (secondary N) is 1. The van der Waals surface area contributed by atoms with Crippen LogP contribution in [-0.2, 0) is 16.1 Å². The maximum absolute atomic E-state index is 12.2. The fourth-order valence-electron chi connectivity index (χ4n) is 3.60. The molecule has 1 aromatic rings. The van der Waals surface area contributed by atoms with Crippen molar-refractivity contribution >= 4 is 0 Å². The molecule has 2 rings (SSSR count). The predicted molar refractivity (Wildman–Crippen MR) is 112 cm³/mol. The number of azide groups is 1. The summed E-state index contributed by atoms with van der Waals surface area (Å²) in [7, 11) is 0. The number of unbranched alkanes of at least 4 members (excludes halogenated alkanes) is 7. The summed E-state index contributed by atoms with van der Waals surface area (Å²) in [6, 6.07) is -0.578. The highest BCUT2D eigenvalue weighted by Crippen LogP contribution is 2.29. The first-order valence-electron chi connectivity index (χ1n) is 10.8. The van der Waals surface area contributed by atoms with Crippen LogP contribution in [0.1, 0.15) is 76.5 Å². The summed E-state index contributed by atoms with van der Waals surface area (Å²) in [5.74, 6) is 0. The Morgan fingerprint density at radius 1 is 1.27 bits per heavy atom. The first kappa shape index (κ1) is 24.1. The molecule has 2 heterocycles. The first-order valence-corrected chi connectivity index (χ1v) is 10.8. The van der Waals surface area contributed by atoms with Gasteiger partial charge in [0.15, 0.2) is 0 Å². The monoisotopic (exact) mass is 423 g/mol. The molecule has 0 amide bonds. The molecule has 1 aliphatic heterocycles. The molecule has 1 aromatic heterocycles. The molecular formula is C20H33N5O5. The van der Waals surface area contributed by atoms with Gasteiger partial charge in [-0.05, 0) is 12.0 Å². The highest BCUT2D eigenvalue weighted by molar-refractivity contribution is 5.04. The lowest BCUT2D eigenvalue weighted by molar-refractivity contribution is -0.0274. The van der Waals surface area contributed by atoms with Gasteiger partial charge >= 0.3 is 5.69 Å². The molecule has 2 N–H and O–H groups in total. The van der Waals surface area contributed by atoms with E-state index in [0.717, 1.165) is 12.8 Å². The number of ether oxygens (including phenoxy) is 2. The number of aromatic amines is 1. The molecule has 0 saturated carbocycles. The first-order chi connectivity index (χ1) is 14.6. The standard InChI is InChI=1S/C20H33N5O5/c1-2-3-4-5-6-7-8-9-10-29-14-15-12-25(20(28)22-19(15)27)18-11-16(23-24-21)17(13-26)30-18/h12,16-18,26H,2-11,13-14H2,1H3,(H,22,27,28)/t16-,17+,18-/m0/s1. The maximum atomic E-state index is 12.2. The predicted octanol–water partition coefficient (Wildman–Crippen LogP) is 3.15. The lowest BCUT2D eigenvalue weighted by Crippen LogP contribution is -2.34. The molecule has 1 fully saturated rings. The van der Waals surface area contributed by atoms with E-state index in [2.05, 4.69) is 21.9 Å².